The van der Waals surface area contributed by atoms with E-state index in [0.717, 1.165) is 19.6 Å². The highest BCUT2D eigenvalue weighted by atomic mass is 33.1. The highest BCUT2D eigenvalue weighted by molar-refractivity contribution is 8.67. The van der Waals surface area contributed by atoms with Crippen LogP contribution in [0.25, 0.3) is 0 Å². The summed E-state index contributed by atoms with van der Waals surface area (Å²) in [5, 5.41) is 0. The molecule has 0 N–H and O–H groups in total. The number of hydrogen-bond acceptors (Lipinski definition) is 4. The number of hydrogen-bond donors (Lipinski definition) is 1. The van der Waals surface area contributed by atoms with Crippen molar-refractivity contribution in [2.45, 2.75) is 39.7 Å². The number of nitrogens with zero attached hydrogens (tertiary/aromatic N) is 1. The summed E-state index contributed by atoms with van der Waals surface area (Å²) in [5.74, 6) is 0.669. The molecule has 0 aromatic heterocycles. The second-order valence-electron chi connectivity index (χ2n) is 4.00. The Morgan fingerprint density at radius 2 is 2.40 bits per heavy atom. The Labute approximate surface area is 102 Å². The average molecular weight is 247 g/mol. The Balaban J connectivity index is 2.55. The van der Waals surface area contributed by atoms with E-state index >= 15 is 0 Å². The smallest absolute Gasteiger partial charge is 0.0498 e. The third-order valence-corrected chi connectivity index (χ3v) is 4.13. The zero-order valence-corrected chi connectivity index (χ0v) is 11.5. The van der Waals surface area contributed by atoms with Gasteiger partial charge in [0, 0.05) is 35.9 Å². The quantitative estimate of drug-likeness (QED) is 0.464. The summed E-state index contributed by atoms with van der Waals surface area (Å²) in [5.41, 5.74) is 1.39. The fourth-order valence-electron chi connectivity index (χ4n) is 2.12. The number of thiol groups is 1. The molecule has 1 rings (SSSR count). The second kappa shape index (κ2) is 6.71. The molecule has 0 amide bonds. The predicted octanol–water partition coefficient (Wildman–Crippen LogP) is 3.52. The molecule has 0 bridgehead atoms. The van der Waals surface area contributed by atoms with E-state index in [4.69, 9.17) is 4.74 Å². The Kier molecular flexibility index (Phi) is 5.94. The van der Waals surface area contributed by atoms with Crippen LogP contribution in [-0.2, 0) is 4.74 Å². The number of piperidine rings is 1. The van der Waals surface area contributed by atoms with Gasteiger partial charge in [0.2, 0.25) is 0 Å². The number of rotatable bonds is 4. The molecular weight excluding hydrogens is 226 g/mol. The van der Waals surface area contributed by atoms with Gasteiger partial charge in [-0.15, -0.1) is 0 Å². The Morgan fingerprint density at radius 1 is 1.67 bits per heavy atom. The normalized spacial score (nSPS) is 29.9. The largest absolute Gasteiger partial charge is 0.381 e. The van der Waals surface area contributed by atoms with Gasteiger partial charge in [0.05, 0.1) is 0 Å². The van der Waals surface area contributed by atoms with Crippen molar-refractivity contribution in [3.63, 3.8) is 0 Å². The van der Waals surface area contributed by atoms with Crippen LogP contribution in [0, 0.1) is 5.92 Å². The van der Waals surface area contributed by atoms with E-state index < -0.39 is 0 Å². The van der Waals surface area contributed by atoms with E-state index in [1.807, 2.05) is 0 Å². The highest BCUT2D eigenvalue weighted by Gasteiger charge is 2.28. The maximum atomic E-state index is 5.51. The molecule has 0 radical (unpaired) electrons. The van der Waals surface area contributed by atoms with Crippen LogP contribution in [0.2, 0.25) is 0 Å². The molecule has 1 aliphatic rings. The van der Waals surface area contributed by atoms with Crippen molar-refractivity contribution in [2.75, 3.05) is 13.2 Å². The van der Waals surface area contributed by atoms with Crippen molar-refractivity contribution in [1.82, 2.24) is 4.31 Å². The zero-order chi connectivity index (χ0) is 11.3. The van der Waals surface area contributed by atoms with Gasteiger partial charge in [-0.05, 0) is 39.5 Å². The molecule has 0 aromatic carbocycles. The van der Waals surface area contributed by atoms with Gasteiger partial charge in [0.1, 0.15) is 0 Å². The summed E-state index contributed by atoms with van der Waals surface area (Å²) in [6, 6.07) is 0.554. The molecule has 1 heterocycles. The van der Waals surface area contributed by atoms with Gasteiger partial charge in [-0.2, -0.15) is 0 Å². The zero-order valence-electron chi connectivity index (χ0n) is 9.77. The molecule has 2 nitrogen and oxygen atoms in total. The first kappa shape index (κ1) is 13.3. The van der Waals surface area contributed by atoms with Gasteiger partial charge in [-0.3, -0.25) is 0 Å². The molecule has 1 aliphatic heterocycles. The summed E-state index contributed by atoms with van der Waals surface area (Å²) in [6.07, 6.45) is 4.51. The van der Waals surface area contributed by atoms with Crippen molar-refractivity contribution < 1.29 is 4.74 Å². The molecule has 0 aliphatic carbocycles. The Morgan fingerprint density at radius 3 is 2.93 bits per heavy atom. The Hall–Kier alpha value is 0.200. The minimum atomic E-state index is 0.554. The molecule has 0 spiro atoms. The van der Waals surface area contributed by atoms with E-state index in [1.165, 1.54) is 23.1 Å². The molecule has 15 heavy (non-hydrogen) atoms. The molecule has 2 unspecified atom stereocenters. The first-order chi connectivity index (χ1) is 7.22. The van der Waals surface area contributed by atoms with Gasteiger partial charge in [-0.25, -0.2) is 0 Å². The molecule has 4 heteroatoms. The topological polar surface area (TPSA) is 12.5 Å². The van der Waals surface area contributed by atoms with Crippen LogP contribution >= 0.6 is 22.6 Å². The molecule has 1 saturated heterocycles. The van der Waals surface area contributed by atoms with Crippen molar-refractivity contribution in [3.05, 3.63) is 11.8 Å². The van der Waals surface area contributed by atoms with Gasteiger partial charge in [0.15, 0.2) is 0 Å². The first-order valence-electron chi connectivity index (χ1n) is 5.56. The molecule has 0 saturated carbocycles. The van der Waals surface area contributed by atoms with E-state index in [-0.39, 0.29) is 0 Å². The van der Waals surface area contributed by atoms with Crippen LogP contribution in [0.1, 0.15) is 33.6 Å². The summed E-state index contributed by atoms with van der Waals surface area (Å²) in [4.78, 5) is 0. The lowest BCUT2D eigenvalue weighted by Gasteiger charge is -2.38. The lowest BCUT2D eigenvalue weighted by Crippen LogP contribution is -2.35. The third-order valence-electron chi connectivity index (χ3n) is 2.83. The minimum Gasteiger partial charge on any atom is -0.381 e. The second-order valence-corrected chi connectivity index (χ2v) is 5.05. The third kappa shape index (κ3) is 3.61. The first-order valence-corrected chi connectivity index (χ1v) is 7.39. The van der Waals surface area contributed by atoms with Crippen LogP contribution < -0.4 is 0 Å². The number of allylic oxidation sites excluding steroid dienone is 2. The standard InChI is InChI=1S/C11H21NOS2/c1-4-11-7-10(8-13-5-2)6-9(3)12(11)15-14/h4,9-10,14H,5-8H2,1-3H3. The number of ether oxygens (including phenoxy) is 1. The SMILES string of the molecule is CC=C1CC(COCC)CC(C)N1SS. The van der Waals surface area contributed by atoms with Gasteiger partial charge in [0.25, 0.3) is 0 Å². The summed E-state index contributed by atoms with van der Waals surface area (Å²) in [7, 11) is 1.53. The van der Waals surface area contributed by atoms with Crippen LogP contribution in [0.4, 0.5) is 0 Å². The van der Waals surface area contributed by atoms with E-state index in [0.29, 0.717) is 12.0 Å². The fraction of sp³-hybridized carbons (Fsp3) is 0.818. The van der Waals surface area contributed by atoms with E-state index in [2.05, 4.69) is 42.8 Å². The summed E-state index contributed by atoms with van der Waals surface area (Å²) >= 11 is 4.31. The molecule has 1 fully saturated rings. The maximum absolute atomic E-state index is 5.51. The lowest BCUT2D eigenvalue weighted by atomic mass is 9.91. The van der Waals surface area contributed by atoms with Gasteiger partial charge >= 0.3 is 0 Å². The van der Waals surface area contributed by atoms with Crippen molar-refractivity contribution in [2.24, 2.45) is 5.92 Å². The minimum absolute atomic E-state index is 0.554. The van der Waals surface area contributed by atoms with E-state index in [9.17, 15) is 0 Å². The average Bonchev–Trinajstić information content (AvgIpc) is 2.25. The fourth-order valence-corrected chi connectivity index (χ4v) is 3.45. The molecule has 0 aromatic rings. The van der Waals surface area contributed by atoms with Crippen LogP contribution in [0.5, 0.6) is 0 Å². The van der Waals surface area contributed by atoms with Crippen molar-refractivity contribution in [1.29, 1.82) is 0 Å². The summed E-state index contributed by atoms with van der Waals surface area (Å²) in [6.45, 7) is 8.12. The van der Waals surface area contributed by atoms with Crippen molar-refractivity contribution >= 4 is 22.6 Å². The lowest BCUT2D eigenvalue weighted by molar-refractivity contribution is 0.0886. The van der Waals surface area contributed by atoms with Crippen molar-refractivity contribution in [3.8, 4) is 0 Å². The Bertz CT molecular complexity index is 221. The molecular formula is C11H21NOS2. The van der Waals surface area contributed by atoms with Gasteiger partial charge < -0.3 is 9.04 Å². The molecule has 88 valence electrons. The van der Waals surface area contributed by atoms with Gasteiger partial charge in [-0.1, -0.05) is 17.7 Å². The summed E-state index contributed by atoms with van der Waals surface area (Å²) < 4.78 is 7.81. The van der Waals surface area contributed by atoms with Crippen LogP contribution in [0.15, 0.2) is 11.8 Å². The van der Waals surface area contributed by atoms with E-state index in [1.54, 1.807) is 0 Å². The highest BCUT2D eigenvalue weighted by Crippen LogP contribution is 2.36. The van der Waals surface area contributed by atoms with Crippen LogP contribution in [-0.4, -0.2) is 23.6 Å². The van der Waals surface area contributed by atoms with Crippen LogP contribution in [0.3, 0.4) is 0 Å². The predicted molar refractivity (Wildman–Crippen MR) is 70.9 cm³/mol. The molecule has 2 atom stereocenters. The maximum Gasteiger partial charge on any atom is 0.0498 e. The monoisotopic (exact) mass is 247 g/mol.